The highest BCUT2D eigenvalue weighted by molar-refractivity contribution is 6.12. The monoisotopic (exact) mass is 182 g/mol. The number of carbonyl (C=O) groups is 2. The van der Waals surface area contributed by atoms with Crippen molar-refractivity contribution in [2.45, 2.75) is 12.8 Å². The summed E-state index contributed by atoms with van der Waals surface area (Å²) in [6.07, 6.45) is 1.38. The number of Topliss-reactive ketones (excluding diaryl/α,β-unsaturated/α-hetero) is 1. The second-order valence-electron chi connectivity index (χ2n) is 3.99. The molecule has 72 valence electrons. The molecule has 4 heteroatoms. The molecule has 2 fully saturated rings. The van der Waals surface area contributed by atoms with Gasteiger partial charge in [-0.2, -0.15) is 0 Å². The van der Waals surface area contributed by atoms with Gasteiger partial charge in [0.2, 0.25) is 5.91 Å². The minimum Gasteiger partial charge on any atom is -0.348 e. The number of carbonyl (C=O) groups excluding carboxylic acids is 2. The lowest BCUT2D eigenvalue weighted by Gasteiger charge is -2.33. The van der Waals surface area contributed by atoms with Crippen LogP contribution in [-0.2, 0) is 9.59 Å². The highest BCUT2D eigenvalue weighted by Gasteiger charge is 2.50. The van der Waals surface area contributed by atoms with Gasteiger partial charge in [-0.15, -0.1) is 0 Å². The molecule has 0 unspecified atom stereocenters. The molecule has 0 aromatic carbocycles. The first kappa shape index (κ1) is 8.69. The summed E-state index contributed by atoms with van der Waals surface area (Å²) < 4.78 is 0. The molecule has 0 aromatic heterocycles. The van der Waals surface area contributed by atoms with Gasteiger partial charge in [0.15, 0.2) is 5.78 Å². The Morgan fingerprint density at radius 2 is 1.92 bits per heavy atom. The maximum Gasteiger partial charge on any atom is 0.234 e. The lowest BCUT2D eigenvalue weighted by molar-refractivity contribution is -0.138. The van der Waals surface area contributed by atoms with Gasteiger partial charge in [0.25, 0.3) is 0 Å². The van der Waals surface area contributed by atoms with Gasteiger partial charge in [-0.1, -0.05) is 0 Å². The van der Waals surface area contributed by atoms with E-state index in [2.05, 4.69) is 10.2 Å². The molecule has 0 radical (unpaired) electrons. The van der Waals surface area contributed by atoms with Crippen LogP contribution in [0.25, 0.3) is 0 Å². The van der Waals surface area contributed by atoms with E-state index in [0.29, 0.717) is 12.8 Å². The van der Waals surface area contributed by atoms with Gasteiger partial charge in [0.05, 0.1) is 6.54 Å². The molecular weight excluding hydrogens is 168 g/mol. The Morgan fingerprint density at radius 1 is 1.31 bits per heavy atom. The van der Waals surface area contributed by atoms with Crippen LogP contribution in [0, 0.1) is 5.41 Å². The number of amides is 1. The molecule has 0 atom stereocenters. The molecule has 1 N–H and O–H groups in total. The first-order chi connectivity index (χ1) is 6.15. The molecule has 1 amide bonds. The van der Waals surface area contributed by atoms with E-state index in [1.807, 2.05) is 7.05 Å². The van der Waals surface area contributed by atoms with Crippen molar-refractivity contribution in [3.8, 4) is 0 Å². The summed E-state index contributed by atoms with van der Waals surface area (Å²) in [4.78, 5) is 25.2. The number of likely N-dealkylation sites (tertiary alicyclic amines) is 1. The molecular formula is C9H14N2O2. The highest BCUT2D eigenvalue weighted by Crippen LogP contribution is 2.34. The van der Waals surface area contributed by atoms with Crippen molar-refractivity contribution in [3.05, 3.63) is 0 Å². The Kier molecular flexibility index (Phi) is 1.87. The van der Waals surface area contributed by atoms with Crippen LogP contribution >= 0.6 is 0 Å². The van der Waals surface area contributed by atoms with Crippen molar-refractivity contribution in [2.75, 3.05) is 26.7 Å². The van der Waals surface area contributed by atoms with E-state index in [9.17, 15) is 9.59 Å². The minimum atomic E-state index is -0.660. The lowest BCUT2D eigenvalue weighted by Crippen LogP contribution is -2.45. The maximum atomic E-state index is 11.6. The Balaban J connectivity index is 2.19. The third kappa shape index (κ3) is 1.16. The number of hydrogen-bond donors (Lipinski definition) is 1. The van der Waals surface area contributed by atoms with Crippen molar-refractivity contribution in [3.63, 3.8) is 0 Å². The van der Waals surface area contributed by atoms with Crippen molar-refractivity contribution in [1.82, 2.24) is 10.2 Å². The van der Waals surface area contributed by atoms with Gasteiger partial charge >= 0.3 is 0 Å². The molecule has 4 nitrogen and oxygen atoms in total. The van der Waals surface area contributed by atoms with Crippen LogP contribution in [0.1, 0.15) is 12.8 Å². The van der Waals surface area contributed by atoms with E-state index in [-0.39, 0.29) is 18.2 Å². The average Bonchev–Trinajstić information content (AvgIpc) is 2.39. The Bertz CT molecular complexity index is 236. The molecule has 13 heavy (non-hydrogen) atoms. The molecule has 1 spiro atoms. The van der Waals surface area contributed by atoms with Crippen molar-refractivity contribution < 1.29 is 9.59 Å². The minimum absolute atomic E-state index is 0.0504. The normalized spacial score (nSPS) is 28.1. The van der Waals surface area contributed by atoms with Gasteiger partial charge in [-0.3, -0.25) is 9.59 Å². The Morgan fingerprint density at radius 3 is 2.38 bits per heavy atom. The lowest BCUT2D eigenvalue weighted by atomic mass is 9.76. The molecule has 0 bridgehead atoms. The van der Waals surface area contributed by atoms with Crippen LogP contribution in [0.2, 0.25) is 0 Å². The van der Waals surface area contributed by atoms with Crippen LogP contribution in [0.3, 0.4) is 0 Å². The number of nitrogens with one attached hydrogen (secondary N) is 1. The van der Waals surface area contributed by atoms with Crippen molar-refractivity contribution in [2.24, 2.45) is 5.41 Å². The third-order valence-electron chi connectivity index (χ3n) is 3.22. The zero-order valence-electron chi connectivity index (χ0n) is 7.80. The summed E-state index contributed by atoms with van der Waals surface area (Å²) >= 11 is 0. The first-order valence-electron chi connectivity index (χ1n) is 4.65. The topological polar surface area (TPSA) is 49.4 Å². The molecule has 2 aliphatic heterocycles. The average molecular weight is 182 g/mol. The fourth-order valence-corrected chi connectivity index (χ4v) is 2.13. The van der Waals surface area contributed by atoms with Crippen LogP contribution in [-0.4, -0.2) is 43.3 Å². The van der Waals surface area contributed by atoms with Gasteiger partial charge in [-0.05, 0) is 33.0 Å². The van der Waals surface area contributed by atoms with Gasteiger partial charge in [-0.25, -0.2) is 0 Å². The Hall–Kier alpha value is -0.900. The van der Waals surface area contributed by atoms with Crippen LogP contribution < -0.4 is 5.32 Å². The summed E-state index contributed by atoms with van der Waals surface area (Å²) in [5.41, 5.74) is -0.660. The zero-order valence-corrected chi connectivity index (χ0v) is 7.80. The van der Waals surface area contributed by atoms with Crippen molar-refractivity contribution in [1.29, 1.82) is 0 Å². The number of nitrogens with zero attached hydrogens (tertiary/aromatic N) is 1. The number of piperidine rings is 1. The summed E-state index contributed by atoms with van der Waals surface area (Å²) in [6.45, 7) is 1.93. The van der Waals surface area contributed by atoms with Crippen LogP contribution in [0.4, 0.5) is 0 Å². The summed E-state index contributed by atoms with van der Waals surface area (Å²) in [5.74, 6) is 0.0381. The molecule has 0 aliphatic carbocycles. The van der Waals surface area contributed by atoms with E-state index in [1.54, 1.807) is 0 Å². The fraction of sp³-hybridized carbons (Fsp3) is 0.778. The van der Waals surface area contributed by atoms with E-state index < -0.39 is 5.41 Å². The first-order valence-corrected chi connectivity index (χ1v) is 4.65. The number of ketones is 1. The fourth-order valence-electron chi connectivity index (χ4n) is 2.13. The van der Waals surface area contributed by atoms with Gasteiger partial charge < -0.3 is 10.2 Å². The zero-order chi connectivity index (χ0) is 9.47. The summed E-state index contributed by atoms with van der Waals surface area (Å²) in [6, 6.07) is 0. The number of rotatable bonds is 0. The predicted molar refractivity (Wildman–Crippen MR) is 47.2 cm³/mol. The Labute approximate surface area is 77.3 Å². The SMILES string of the molecule is CN1CCC2(CC1)C(=O)CNC2=O. The molecule has 0 aromatic rings. The quantitative estimate of drug-likeness (QED) is 0.509. The smallest absolute Gasteiger partial charge is 0.234 e. The third-order valence-corrected chi connectivity index (χ3v) is 3.22. The largest absolute Gasteiger partial charge is 0.348 e. The van der Waals surface area contributed by atoms with Gasteiger partial charge in [0.1, 0.15) is 5.41 Å². The molecule has 0 saturated carbocycles. The van der Waals surface area contributed by atoms with Gasteiger partial charge in [0, 0.05) is 0 Å². The standard InChI is InChI=1S/C9H14N2O2/c1-11-4-2-9(3-5-11)7(12)6-10-8(9)13/h2-6H2,1H3,(H,10,13). The van der Waals surface area contributed by atoms with E-state index >= 15 is 0 Å². The number of hydrogen-bond acceptors (Lipinski definition) is 3. The molecule has 2 heterocycles. The summed E-state index contributed by atoms with van der Waals surface area (Å²) in [7, 11) is 2.02. The van der Waals surface area contributed by atoms with Crippen LogP contribution in [0.15, 0.2) is 0 Å². The molecule has 2 aliphatic rings. The predicted octanol–water partition coefficient (Wildman–Crippen LogP) is -0.603. The van der Waals surface area contributed by atoms with E-state index in [0.717, 1.165) is 13.1 Å². The second-order valence-corrected chi connectivity index (χ2v) is 3.99. The van der Waals surface area contributed by atoms with E-state index in [1.165, 1.54) is 0 Å². The molecule has 2 saturated heterocycles. The second kappa shape index (κ2) is 2.80. The maximum absolute atomic E-state index is 11.6. The van der Waals surface area contributed by atoms with E-state index in [4.69, 9.17) is 0 Å². The van der Waals surface area contributed by atoms with Crippen LogP contribution in [0.5, 0.6) is 0 Å². The highest BCUT2D eigenvalue weighted by atomic mass is 16.2. The van der Waals surface area contributed by atoms with Crippen molar-refractivity contribution >= 4 is 11.7 Å². The molecule has 2 rings (SSSR count). The summed E-state index contributed by atoms with van der Waals surface area (Å²) in [5, 5.41) is 2.64.